The molecule has 3 heteroatoms. The molecule has 100 valence electrons. The zero-order valence-electron chi connectivity index (χ0n) is 11.8. The predicted molar refractivity (Wildman–Crippen MR) is 73.3 cm³/mol. The average Bonchev–Trinajstić information content (AvgIpc) is 2.30. The normalized spacial score (nSPS) is 33.2. The number of nitrogens with one attached hydrogen (secondary N) is 1. The smallest absolute Gasteiger partial charge is 0.0246 e. The Kier molecular flexibility index (Phi) is 4.83. The van der Waals surface area contributed by atoms with E-state index in [1.54, 1.807) is 0 Å². The van der Waals surface area contributed by atoms with Crippen molar-refractivity contribution in [2.45, 2.75) is 32.2 Å². The third-order valence-corrected chi connectivity index (χ3v) is 4.53. The lowest BCUT2D eigenvalue weighted by atomic mass is 9.89. The first-order valence-corrected chi connectivity index (χ1v) is 7.26. The van der Waals surface area contributed by atoms with Gasteiger partial charge in [0.15, 0.2) is 0 Å². The third kappa shape index (κ3) is 3.67. The maximum Gasteiger partial charge on any atom is 0.0246 e. The topological polar surface area (TPSA) is 18.5 Å². The molecule has 0 aromatic heterocycles. The monoisotopic (exact) mass is 239 g/mol. The number of piperidine rings is 2. The SMILES string of the molecule is CC1CCNCC1N1CCC(CN(C)C)CC1. The van der Waals surface area contributed by atoms with Crippen LogP contribution in [0.15, 0.2) is 0 Å². The molecule has 1 N–H and O–H groups in total. The van der Waals surface area contributed by atoms with Crippen LogP contribution in [0.25, 0.3) is 0 Å². The van der Waals surface area contributed by atoms with Crippen LogP contribution in [0.3, 0.4) is 0 Å². The lowest BCUT2D eigenvalue weighted by Gasteiger charge is -2.42. The highest BCUT2D eigenvalue weighted by Crippen LogP contribution is 2.24. The van der Waals surface area contributed by atoms with Gasteiger partial charge in [-0.25, -0.2) is 0 Å². The average molecular weight is 239 g/mol. The van der Waals surface area contributed by atoms with Crippen LogP contribution in [0.1, 0.15) is 26.2 Å². The molecule has 0 radical (unpaired) electrons. The van der Waals surface area contributed by atoms with Gasteiger partial charge >= 0.3 is 0 Å². The van der Waals surface area contributed by atoms with Crippen molar-refractivity contribution >= 4 is 0 Å². The van der Waals surface area contributed by atoms with Gasteiger partial charge < -0.3 is 10.2 Å². The van der Waals surface area contributed by atoms with Gasteiger partial charge in [0.1, 0.15) is 0 Å². The Morgan fingerprint density at radius 2 is 1.88 bits per heavy atom. The van der Waals surface area contributed by atoms with E-state index in [2.05, 4.69) is 36.1 Å². The molecule has 2 heterocycles. The number of hydrogen-bond acceptors (Lipinski definition) is 3. The summed E-state index contributed by atoms with van der Waals surface area (Å²) >= 11 is 0. The van der Waals surface area contributed by atoms with Crippen molar-refractivity contribution in [1.82, 2.24) is 15.1 Å². The first kappa shape index (κ1) is 13.3. The molecule has 0 aromatic rings. The Morgan fingerprint density at radius 1 is 1.18 bits per heavy atom. The van der Waals surface area contributed by atoms with Crippen molar-refractivity contribution in [3.8, 4) is 0 Å². The molecule has 0 saturated carbocycles. The van der Waals surface area contributed by atoms with Gasteiger partial charge in [0.05, 0.1) is 0 Å². The third-order valence-electron chi connectivity index (χ3n) is 4.53. The van der Waals surface area contributed by atoms with E-state index in [4.69, 9.17) is 0 Å². The fourth-order valence-corrected chi connectivity index (χ4v) is 3.45. The van der Waals surface area contributed by atoms with Crippen molar-refractivity contribution < 1.29 is 0 Å². The highest BCUT2D eigenvalue weighted by molar-refractivity contribution is 4.86. The highest BCUT2D eigenvalue weighted by Gasteiger charge is 2.30. The molecule has 2 fully saturated rings. The number of rotatable bonds is 3. The van der Waals surface area contributed by atoms with Gasteiger partial charge in [-0.05, 0) is 64.8 Å². The molecule has 2 unspecified atom stereocenters. The van der Waals surface area contributed by atoms with Gasteiger partial charge in [0.2, 0.25) is 0 Å². The molecule has 2 aliphatic heterocycles. The van der Waals surface area contributed by atoms with Gasteiger partial charge in [0, 0.05) is 19.1 Å². The quantitative estimate of drug-likeness (QED) is 0.800. The largest absolute Gasteiger partial charge is 0.315 e. The van der Waals surface area contributed by atoms with Crippen molar-refractivity contribution in [1.29, 1.82) is 0 Å². The molecule has 3 nitrogen and oxygen atoms in total. The molecular formula is C14H29N3. The molecule has 2 rings (SSSR count). The van der Waals surface area contributed by atoms with Crippen LogP contribution in [0.5, 0.6) is 0 Å². The van der Waals surface area contributed by atoms with Crippen LogP contribution in [0, 0.1) is 11.8 Å². The van der Waals surface area contributed by atoms with E-state index in [1.165, 1.54) is 52.0 Å². The zero-order valence-corrected chi connectivity index (χ0v) is 11.8. The minimum atomic E-state index is 0.795. The minimum absolute atomic E-state index is 0.795. The van der Waals surface area contributed by atoms with Crippen LogP contribution < -0.4 is 5.32 Å². The fourth-order valence-electron chi connectivity index (χ4n) is 3.45. The first-order valence-electron chi connectivity index (χ1n) is 7.26. The van der Waals surface area contributed by atoms with Gasteiger partial charge in [-0.15, -0.1) is 0 Å². The highest BCUT2D eigenvalue weighted by atomic mass is 15.2. The van der Waals surface area contributed by atoms with E-state index in [1.807, 2.05) is 0 Å². The van der Waals surface area contributed by atoms with Crippen LogP contribution >= 0.6 is 0 Å². The van der Waals surface area contributed by atoms with Crippen molar-refractivity contribution in [2.75, 3.05) is 46.8 Å². The maximum atomic E-state index is 3.56. The van der Waals surface area contributed by atoms with Crippen LogP contribution in [-0.2, 0) is 0 Å². The zero-order chi connectivity index (χ0) is 12.3. The van der Waals surface area contributed by atoms with Gasteiger partial charge in [-0.3, -0.25) is 4.90 Å². The van der Waals surface area contributed by atoms with Crippen LogP contribution in [0.4, 0.5) is 0 Å². The summed E-state index contributed by atoms with van der Waals surface area (Å²) in [7, 11) is 4.39. The van der Waals surface area contributed by atoms with E-state index in [9.17, 15) is 0 Å². The number of hydrogen-bond donors (Lipinski definition) is 1. The van der Waals surface area contributed by atoms with Crippen molar-refractivity contribution in [3.63, 3.8) is 0 Å². The molecule has 2 aliphatic rings. The summed E-state index contributed by atoms with van der Waals surface area (Å²) < 4.78 is 0. The van der Waals surface area contributed by atoms with E-state index in [0.29, 0.717) is 0 Å². The second kappa shape index (κ2) is 6.17. The van der Waals surface area contributed by atoms with Crippen LogP contribution in [-0.4, -0.2) is 62.7 Å². The minimum Gasteiger partial charge on any atom is -0.315 e. The molecule has 17 heavy (non-hydrogen) atoms. The Balaban J connectivity index is 1.78. The van der Waals surface area contributed by atoms with Gasteiger partial charge in [-0.2, -0.15) is 0 Å². The molecule has 2 saturated heterocycles. The molecular weight excluding hydrogens is 210 g/mol. The lowest BCUT2D eigenvalue weighted by molar-refractivity contribution is 0.0767. The molecule has 0 aromatic carbocycles. The molecule has 0 spiro atoms. The number of nitrogens with zero attached hydrogens (tertiary/aromatic N) is 2. The predicted octanol–water partition coefficient (Wildman–Crippen LogP) is 1.26. The summed E-state index contributed by atoms with van der Waals surface area (Å²) in [6.07, 6.45) is 4.13. The number of likely N-dealkylation sites (tertiary alicyclic amines) is 1. The second-order valence-electron chi connectivity index (χ2n) is 6.28. The van der Waals surface area contributed by atoms with Gasteiger partial charge in [0.25, 0.3) is 0 Å². The van der Waals surface area contributed by atoms with Crippen LogP contribution in [0.2, 0.25) is 0 Å². The van der Waals surface area contributed by atoms with E-state index in [-0.39, 0.29) is 0 Å². The summed E-state index contributed by atoms with van der Waals surface area (Å²) in [5.41, 5.74) is 0. The Morgan fingerprint density at radius 3 is 2.47 bits per heavy atom. The maximum absolute atomic E-state index is 3.56. The standard InChI is InChI=1S/C14H29N3/c1-12-4-7-15-10-14(12)17-8-5-13(6-9-17)11-16(2)3/h12-15H,4-11H2,1-3H3. The summed E-state index contributed by atoms with van der Waals surface area (Å²) in [5, 5.41) is 3.56. The second-order valence-corrected chi connectivity index (χ2v) is 6.28. The summed E-state index contributed by atoms with van der Waals surface area (Å²) in [6, 6.07) is 0.795. The van der Waals surface area contributed by atoms with E-state index < -0.39 is 0 Å². The Bertz CT molecular complexity index is 222. The summed E-state index contributed by atoms with van der Waals surface area (Å²) in [6.45, 7) is 8.75. The van der Waals surface area contributed by atoms with E-state index >= 15 is 0 Å². The molecule has 2 atom stereocenters. The van der Waals surface area contributed by atoms with Crippen molar-refractivity contribution in [2.24, 2.45) is 11.8 Å². The lowest BCUT2D eigenvalue weighted by Crippen LogP contribution is -2.53. The summed E-state index contributed by atoms with van der Waals surface area (Å²) in [4.78, 5) is 5.08. The Hall–Kier alpha value is -0.120. The molecule has 0 aliphatic carbocycles. The van der Waals surface area contributed by atoms with Crippen molar-refractivity contribution in [3.05, 3.63) is 0 Å². The fraction of sp³-hybridized carbons (Fsp3) is 1.00. The molecule has 0 amide bonds. The Labute approximate surface area is 107 Å². The summed E-state index contributed by atoms with van der Waals surface area (Å²) in [5.74, 6) is 1.80. The molecule has 0 bridgehead atoms. The first-order chi connectivity index (χ1) is 8.16. The van der Waals surface area contributed by atoms with Gasteiger partial charge in [-0.1, -0.05) is 6.92 Å². The van der Waals surface area contributed by atoms with E-state index in [0.717, 1.165) is 17.9 Å².